The topological polar surface area (TPSA) is 34.9 Å². The molecule has 0 saturated heterocycles. The fourth-order valence-electron chi connectivity index (χ4n) is 2.39. The Labute approximate surface area is 124 Å². The Balaban J connectivity index is 2.42. The third kappa shape index (κ3) is 2.78. The van der Waals surface area contributed by atoms with E-state index in [1.807, 2.05) is 51.1 Å². The summed E-state index contributed by atoms with van der Waals surface area (Å²) in [6, 6.07) is 9.92. The second-order valence-electron chi connectivity index (χ2n) is 5.12. The number of aromatic nitrogens is 2. The SMILES string of the molecule is CCC(C(=O)c1c(Cl)cnn1C(C)C)c1ccccc1. The number of ketones is 1. The molecule has 2 rings (SSSR count). The van der Waals surface area contributed by atoms with E-state index in [1.54, 1.807) is 10.9 Å². The van der Waals surface area contributed by atoms with Crippen LogP contribution in [-0.2, 0) is 0 Å². The summed E-state index contributed by atoms with van der Waals surface area (Å²) < 4.78 is 1.70. The molecule has 1 unspecified atom stereocenters. The van der Waals surface area contributed by atoms with Crippen LogP contribution in [0, 0.1) is 0 Å². The maximum atomic E-state index is 12.8. The zero-order valence-corrected chi connectivity index (χ0v) is 12.8. The minimum absolute atomic E-state index is 0.0369. The Morgan fingerprint density at radius 1 is 1.30 bits per heavy atom. The number of benzene rings is 1. The quantitative estimate of drug-likeness (QED) is 0.760. The molecule has 0 amide bonds. The van der Waals surface area contributed by atoms with E-state index >= 15 is 0 Å². The highest BCUT2D eigenvalue weighted by Gasteiger charge is 2.26. The molecular weight excluding hydrogens is 272 g/mol. The fraction of sp³-hybridized carbons (Fsp3) is 0.375. The maximum absolute atomic E-state index is 12.8. The Kier molecular flexibility index (Phi) is 4.61. The third-order valence-electron chi connectivity index (χ3n) is 3.40. The van der Waals surface area contributed by atoms with Crippen LogP contribution in [0.3, 0.4) is 0 Å². The third-order valence-corrected chi connectivity index (χ3v) is 3.68. The molecule has 0 saturated carbocycles. The van der Waals surface area contributed by atoms with Crippen LogP contribution in [0.2, 0.25) is 5.02 Å². The van der Waals surface area contributed by atoms with E-state index in [9.17, 15) is 4.79 Å². The lowest BCUT2D eigenvalue weighted by molar-refractivity contribution is 0.0945. The van der Waals surface area contributed by atoms with Crippen LogP contribution in [0.1, 0.15) is 55.2 Å². The number of carbonyl (C=O) groups is 1. The van der Waals surface area contributed by atoms with Gasteiger partial charge in [-0.25, -0.2) is 0 Å². The van der Waals surface area contributed by atoms with Gasteiger partial charge >= 0.3 is 0 Å². The summed E-state index contributed by atoms with van der Waals surface area (Å²) in [6.07, 6.45) is 2.29. The lowest BCUT2D eigenvalue weighted by Gasteiger charge is -2.17. The summed E-state index contributed by atoms with van der Waals surface area (Å²) in [6.45, 7) is 5.99. The maximum Gasteiger partial charge on any atom is 0.189 e. The lowest BCUT2D eigenvalue weighted by Crippen LogP contribution is -2.19. The molecule has 1 aromatic carbocycles. The predicted octanol–water partition coefficient (Wildman–Crippen LogP) is 4.49. The Morgan fingerprint density at radius 2 is 1.95 bits per heavy atom. The standard InChI is InChI=1S/C16H19ClN2O/c1-4-13(12-8-6-5-7-9-12)16(20)15-14(17)10-18-19(15)11(2)3/h5-11,13H,4H2,1-3H3. The van der Waals surface area contributed by atoms with Crippen molar-refractivity contribution in [2.75, 3.05) is 0 Å². The normalized spacial score (nSPS) is 12.7. The molecule has 4 heteroatoms. The van der Waals surface area contributed by atoms with Crippen molar-refractivity contribution in [2.24, 2.45) is 0 Å². The highest BCUT2D eigenvalue weighted by Crippen LogP contribution is 2.28. The zero-order valence-electron chi connectivity index (χ0n) is 12.0. The van der Waals surface area contributed by atoms with E-state index in [-0.39, 0.29) is 17.7 Å². The molecule has 0 aliphatic heterocycles. The molecule has 0 aliphatic rings. The number of Topliss-reactive ketones (excluding diaryl/α,β-unsaturated/α-hetero) is 1. The number of nitrogens with zero attached hydrogens (tertiary/aromatic N) is 2. The summed E-state index contributed by atoms with van der Waals surface area (Å²) in [4.78, 5) is 12.8. The highest BCUT2D eigenvalue weighted by atomic mass is 35.5. The molecule has 3 nitrogen and oxygen atoms in total. The number of rotatable bonds is 5. The molecule has 1 atom stereocenters. The van der Waals surface area contributed by atoms with Crippen molar-refractivity contribution < 1.29 is 4.79 Å². The highest BCUT2D eigenvalue weighted by molar-refractivity contribution is 6.33. The Morgan fingerprint density at radius 3 is 2.50 bits per heavy atom. The van der Waals surface area contributed by atoms with Crippen LogP contribution in [-0.4, -0.2) is 15.6 Å². The zero-order chi connectivity index (χ0) is 14.7. The smallest absolute Gasteiger partial charge is 0.189 e. The first-order chi connectivity index (χ1) is 9.56. The lowest BCUT2D eigenvalue weighted by atomic mass is 9.90. The molecule has 1 aromatic heterocycles. The summed E-state index contributed by atoms with van der Waals surface area (Å²) in [5.41, 5.74) is 1.53. The van der Waals surface area contributed by atoms with Crippen LogP contribution < -0.4 is 0 Å². The van der Waals surface area contributed by atoms with Gasteiger partial charge in [0, 0.05) is 12.0 Å². The van der Waals surface area contributed by atoms with Gasteiger partial charge in [0.15, 0.2) is 5.78 Å². The van der Waals surface area contributed by atoms with E-state index in [4.69, 9.17) is 11.6 Å². The largest absolute Gasteiger partial charge is 0.292 e. The average molecular weight is 291 g/mol. The number of carbonyl (C=O) groups excluding carboxylic acids is 1. The van der Waals surface area contributed by atoms with Gasteiger partial charge in [-0.1, -0.05) is 48.9 Å². The number of halogens is 1. The van der Waals surface area contributed by atoms with Gasteiger partial charge in [-0.3, -0.25) is 9.48 Å². The van der Waals surface area contributed by atoms with Gasteiger partial charge in [-0.05, 0) is 25.8 Å². The molecule has 0 radical (unpaired) electrons. The van der Waals surface area contributed by atoms with Crippen molar-refractivity contribution in [2.45, 2.75) is 39.2 Å². The molecule has 106 valence electrons. The summed E-state index contributed by atoms with van der Waals surface area (Å²) in [5.74, 6) is -0.141. The molecule has 20 heavy (non-hydrogen) atoms. The summed E-state index contributed by atoms with van der Waals surface area (Å²) >= 11 is 6.17. The van der Waals surface area contributed by atoms with Crippen molar-refractivity contribution in [1.82, 2.24) is 9.78 Å². The van der Waals surface area contributed by atoms with Crippen molar-refractivity contribution in [3.05, 3.63) is 52.8 Å². The van der Waals surface area contributed by atoms with Crippen molar-refractivity contribution in [3.8, 4) is 0 Å². The van der Waals surface area contributed by atoms with Gasteiger partial charge in [-0.2, -0.15) is 5.10 Å². The molecule has 2 aromatic rings. The average Bonchev–Trinajstić information content (AvgIpc) is 2.82. The van der Waals surface area contributed by atoms with Gasteiger partial charge < -0.3 is 0 Å². The van der Waals surface area contributed by atoms with Gasteiger partial charge in [-0.15, -0.1) is 0 Å². The molecule has 0 bridgehead atoms. The molecule has 1 heterocycles. The van der Waals surface area contributed by atoms with E-state index in [0.29, 0.717) is 10.7 Å². The summed E-state index contributed by atoms with van der Waals surface area (Å²) in [5, 5.41) is 4.64. The number of hydrogen-bond acceptors (Lipinski definition) is 2. The Bertz CT molecular complexity index is 590. The molecule has 0 spiro atoms. The van der Waals surface area contributed by atoms with Crippen molar-refractivity contribution in [3.63, 3.8) is 0 Å². The van der Waals surface area contributed by atoms with E-state index < -0.39 is 0 Å². The van der Waals surface area contributed by atoms with E-state index in [0.717, 1.165) is 12.0 Å². The molecular formula is C16H19ClN2O. The van der Waals surface area contributed by atoms with Gasteiger partial charge in [0.1, 0.15) is 5.69 Å². The monoisotopic (exact) mass is 290 g/mol. The van der Waals surface area contributed by atoms with Gasteiger partial charge in [0.05, 0.1) is 11.2 Å². The second kappa shape index (κ2) is 6.23. The molecule has 0 aliphatic carbocycles. The molecule has 0 fully saturated rings. The second-order valence-corrected chi connectivity index (χ2v) is 5.52. The predicted molar refractivity (Wildman–Crippen MR) is 81.4 cm³/mol. The fourth-order valence-corrected chi connectivity index (χ4v) is 2.61. The molecule has 0 N–H and O–H groups in total. The van der Waals surface area contributed by atoms with Crippen LogP contribution in [0.5, 0.6) is 0 Å². The first kappa shape index (κ1) is 14.8. The van der Waals surface area contributed by atoms with Crippen molar-refractivity contribution in [1.29, 1.82) is 0 Å². The van der Waals surface area contributed by atoms with Crippen molar-refractivity contribution >= 4 is 17.4 Å². The van der Waals surface area contributed by atoms with Crippen LogP contribution in [0.15, 0.2) is 36.5 Å². The minimum Gasteiger partial charge on any atom is -0.292 e. The van der Waals surface area contributed by atoms with E-state index in [2.05, 4.69) is 5.10 Å². The van der Waals surface area contributed by atoms with Crippen LogP contribution in [0.4, 0.5) is 0 Å². The van der Waals surface area contributed by atoms with Gasteiger partial charge in [0.2, 0.25) is 0 Å². The minimum atomic E-state index is -0.178. The van der Waals surface area contributed by atoms with Crippen LogP contribution in [0.25, 0.3) is 0 Å². The van der Waals surface area contributed by atoms with Gasteiger partial charge in [0.25, 0.3) is 0 Å². The van der Waals surface area contributed by atoms with Crippen LogP contribution >= 0.6 is 11.6 Å². The number of hydrogen-bond donors (Lipinski definition) is 0. The summed E-state index contributed by atoms with van der Waals surface area (Å²) in [7, 11) is 0. The first-order valence-corrected chi connectivity index (χ1v) is 7.26. The Hall–Kier alpha value is -1.61. The van der Waals surface area contributed by atoms with E-state index in [1.165, 1.54) is 0 Å². The first-order valence-electron chi connectivity index (χ1n) is 6.88.